The van der Waals surface area contributed by atoms with Gasteiger partial charge >= 0.3 is 0 Å². The van der Waals surface area contributed by atoms with Gasteiger partial charge < -0.3 is 14.2 Å². The summed E-state index contributed by atoms with van der Waals surface area (Å²) in [6.45, 7) is 15.1. The van der Waals surface area contributed by atoms with Gasteiger partial charge in [0.1, 0.15) is 0 Å². The lowest BCUT2D eigenvalue weighted by Gasteiger charge is -2.38. The lowest BCUT2D eigenvalue weighted by atomic mass is 9.88. The largest absolute Gasteiger partial charge is 0.379 e. The molecule has 0 aliphatic carbocycles. The van der Waals surface area contributed by atoms with Gasteiger partial charge in [-0.05, 0) is 46.6 Å². The van der Waals surface area contributed by atoms with E-state index in [1.165, 1.54) is 64.3 Å². The van der Waals surface area contributed by atoms with Gasteiger partial charge in [0.05, 0.1) is 13.2 Å². The van der Waals surface area contributed by atoms with Crippen molar-refractivity contribution >= 4 is 0 Å². The fourth-order valence-corrected chi connectivity index (χ4v) is 4.08. The van der Waals surface area contributed by atoms with Gasteiger partial charge in [0, 0.05) is 32.2 Å². The predicted octanol–water partition coefficient (Wildman–Crippen LogP) is 5.25. The summed E-state index contributed by atoms with van der Waals surface area (Å²) >= 11 is 0. The molecule has 26 heavy (non-hydrogen) atoms. The van der Waals surface area contributed by atoms with Gasteiger partial charge in [-0.3, -0.25) is 4.90 Å². The van der Waals surface area contributed by atoms with E-state index in [1.807, 2.05) is 0 Å². The standard InChI is InChI=1S/C22H45NO3/c1-5-8-9-10-11-12-14-21(22(4,25-6-2)26-7-3)15-13-16-23-17-19-24-20-18-23/h21H,5-20H2,1-4H3. The van der Waals surface area contributed by atoms with Crippen LogP contribution in [0.4, 0.5) is 0 Å². The highest BCUT2D eigenvalue weighted by atomic mass is 16.7. The van der Waals surface area contributed by atoms with E-state index >= 15 is 0 Å². The Bertz CT molecular complexity index is 313. The molecule has 4 heteroatoms. The molecule has 0 bridgehead atoms. The van der Waals surface area contributed by atoms with Gasteiger partial charge in [0.2, 0.25) is 0 Å². The Balaban J connectivity index is 2.46. The maximum Gasteiger partial charge on any atom is 0.168 e. The average molecular weight is 372 g/mol. The number of unbranched alkanes of at least 4 members (excludes halogenated alkanes) is 5. The van der Waals surface area contributed by atoms with Crippen LogP contribution in [0.3, 0.4) is 0 Å². The summed E-state index contributed by atoms with van der Waals surface area (Å²) in [6.07, 6.45) is 11.7. The second-order valence-electron chi connectivity index (χ2n) is 7.73. The molecule has 1 atom stereocenters. The van der Waals surface area contributed by atoms with Crippen LogP contribution < -0.4 is 0 Å². The zero-order valence-corrected chi connectivity index (χ0v) is 18.1. The summed E-state index contributed by atoms with van der Waals surface area (Å²) in [5, 5.41) is 0. The second-order valence-corrected chi connectivity index (χ2v) is 7.73. The molecular formula is C22H45NO3. The minimum absolute atomic E-state index is 0.433. The van der Waals surface area contributed by atoms with Crippen LogP contribution in [0.25, 0.3) is 0 Å². The van der Waals surface area contributed by atoms with E-state index in [9.17, 15) is 0 Å². The minimum Gasteiger partial charge on any atom is -0.379 e. The van der Waals surface area contributed by atoms with E-state index in [1.54, 1.807) is 0 Å². The first kappa shape index (κ1) is 23.9. The summed E-state index contributed by atoms with van der Waals surface area (Å²) in [6, 6.07) is 0. The SMILES string of the molecule is CCCCCCCCC(CCCN1CCOCC1)C(C)(OCC)OCC. The van der Waals surface area contributed by atoms with Crippen molar-refractivity contribution in [1.82, 2.24) is 4.90 Å². The Morgan fingerprint density at radius 1 is 0.846 bits per heavy atom. The highest BCUT2D eigenvalue weighted by Gasteiger charge is 2.35. The lowest BCUT2D eigenvalue weighted by Crippen LogP contribution is -2.42. The molecule has 0 radical (unpaired) electrons. The minimum atomic E-state index is -0.433. The third-order valence-electron chi connectivity index (χ3n) is 5.64. The number of rotatable bonds is 16. The van der Waals surface area contributed by atoms with Gasteiger partial charge in [-0.15, -0.1) is 0 Å². The van der Waals surface area contributed by atoms with Crippen molar-refractivity contribution in [2.45, 2.75) is 91.3 Å². The van der Waals surface area contributed by atoms with E-state index in [0.717, 1.165) is 26.3 Å². The Hall–Kier alpha value is -0.160. The summed E-state index contributed by atoms with van der Waals surface area (Å²) in [7, 11) is 0. The molecule has 0 amide bonds. The molecule has 1 unspecified atom stereocenters. The molecule has 1 heterocycles. The zero-order valence-electron chi connectivity index (χ0n) is 18.1. The Morgan fingerprint density at radius 2 is 1.42 bits per heavy atom. The fraction of sp³-hybridized carbons (Fsp3) is 1.00. The molecule has 0 spiro atoms. The smallest absolute Gasteiger partial charge is 0.168 e. The quantitative estimate of drug-likeness (QED) is 0.274. The molecule has 156 valence electrons. The zero-order chi connectivity index (χ0) is 19.1. The molecule has 0 saturated carbocycles. The monoisotopic (exact) mass is 371 g/mol. The third kappa shape index (κ3) is 9.68. The maximum absolute atomic E-state index is 6.11. The van der Waals surface area contributed by atoms with Gasteiger partial charge in [-0.2, -0.15) is 0 Å². The van der Waals surface area contributed by atoms with Crippen molar-refractivity contribution in [2.24, 2.45) is 5.92 Å². The van der Waals surface area contributed by atoms with Crippen molar-refractivity contribution in [2.75, 3.05) is 46.1 Å². The van der Waals surface area contributed by atoms with Crippen LogP contribution in [0.15, 0.2) is 0 Å². The lowest BCUT2D eigenvalue weighted by molar-refractivity contribution is -0.254. The molecule has 0 aromatic heterocycles. The summed E-state index contributed by atoms with van der Waals surface area (Å²) in [5.74, 6) is 0.0485. The number of nitrogens with zero attached hydrogens (tertiary/aromatic N) is 1. The first-order valence-corrected chi connectivity index (χ1v) is 11.2. The van der Waals surface area contributed by atoms with Crippen molar-refractivity contribution in [3.63, 3.8) is 0 Å². The highest BCUT2D eigenvalue weighted by molar-refractivity contribution is 4.77. The van der Waals surface area contributed by atoms with E-state index in [2.05, 4.69) is 32.6 Å². The molecule has 1 aliphatic heterocycles. The van der Waals surface area contributed by atoms with E-state index < -0.39 is 5.79 Å². The van der Waals surface area contributed by atoms with Crippen molar-refractivity contribution in [3.8, 4) is 0 Å². The third-order valence-corrected chi connectivity index (χ3v) is 5.64. The number of hydrogen-bond acceptors (Lipinski definition) is 4. The first-order valence-electron chi connectivity index (χ1n) is 11.2. The predicted molar refractivity (Wildman–Crippen MR) is 110 cm³/mol. The molecular weight excluding hydrogens is 326 g/mol. The van der Waals surface area contributed by atoms with Crippen molar-refractivity contribution < 1.29 is 14.2 Å². The molecule has 1 rings (SSSR count). The van der Waals surface area contributed by atoms with Gasteiger partial charge in [0.25, 0.3) is 0 Å². The maximum atomic E-state index is 6.11. The van der Waals surface area contributed by atoms with E-state index in [4.69, 9.17) is 14.2 Å². The fourth-order valence-electron chi connectivity index (χ4n) is 4.08. The first-order chi connectivity index (χ1) is 12.7. The van der Waals surface area contributed by atoms with Crippen molar-refractivity contribution in [1.29, 1.82) is 0 Å². The molecule has 1 aliphatic rings. The normalized spacial score (nSPS) is 17.5. The Kier molecular flexibility index (Phi) is 13.6. The molecule has 1 fully saturated rings. The summed E-state index contributed by atoms with van der Waals surface area (Å²) in [4.78, 5) is 2.53. The number of hydrogen-bond donors (Lipinski definition) is 0. The Labute approximate surface area is 162 Å². The topological polar surface area (TPSA) is 30.9 Å². The van der Waals surface area contributed by atoms with Crippen LogP contribution >= 0.6 is 0 Å². The molecule has 4 nitrogen and oxygen atoms in total. The van der Waals surface area contributed by atoms with Crippen LogP contribution in [-0.4, -0.2) is 56.7 Å². The average Bonchev–Trinajstić information content (AvgIpc) is 2.64. The van der Waals surface area contributed by atoms with E-state index in [-0.39, 0.29) is 0 Å². The van der Waals surface area contributed by atoms with Crippen molar-refractivity contribution in [3.05, 3.63) is 0 Å². The van der Waals surface area contributed by atoms with E-state index in [0.29, 0.717) is 19.1 Å². The van der Waals surface area contributed by atoms with Gasteiger partial charge in [0.15, 0.2) is 5.79 Å². The molecule has 0 aromatic carbocycles. The number of morpholine rings is 1. The molecule has 1 saturated heterocycles. The van der Waals surface area contributed by atoms with Gasteiger partial charge in [-0.1, -0.05) is 45.4 Å². The van der Waals surface area contributed by atoms with Crippen LogP contribution in [-0.2, 0) is 14.2 Å². The summed E-state index contributed by atoms with van der Waals surface area (Å²) < 4.78 is 17.7. The number of ether oxygens (including phenoxy) is 3. The Morgan fingerprint density at radius 3 is 2.04 bits per heavy atom. The van der Waals surface area contributed by atoms with Crippen LogP contribution in [0, 0.1) is 5.92 Å². The van der Waals surface area contributed by atoms with Gasteiger partial charge in [-0.25, -0.2) is 0 Å². The highest BCUT2D eigenvalue weighted by Crippen LogP contribution is 2.32. The molecule has 0 N–H and O–H groups in total. The summed E-state index contributed by atoms with van der Waals surface area (Å²) in [5.41, 5.74) is 0. The second kappa shape index (κ2) is 14.8. The molecule has 0 aromatic rings. The van der Waals surface area contributed by atoms with Crippen LogP contribution in [0.5, 0.6) is 0 Å². The van der Waals surface area contributed by atoms with Crippen LogP contribution in [0.2, 0.25) is 0 Å². The van der Waals surface area contributed by atoms with Crippen LogP contribution in [0.1, 0.15) is 85.5 Å².